The molecule has 0 spiro atoms. The lowest BCUT2D eigenvalue weighted by Gasteiger charge is -2.28. The summed E-state index contributed by atoms with van der Waals surface area (Å²) in [5, 5.41) is 4.80. The zero-order valence-electron chi connectivity index (χ0n) is 14.2. The number of amides is 2. The van der Waals surface area contributed by atoms with Gasteiger partial charge in [-0.1, -0.05) is 11.6 Å². The average Bonchev–Trinajstić information content (AvgIpc) is 3.10. The highest BCUT2D eigenvalue weighted by molar-refractivity contribution is 6.39. The van der Waals surface area contributed by atoms with Gasteiger partial charge < -0.3 is 27.1 Å². The van der Waals surface area contributed by atoms with Crippen LogP contribution in [0.1, 0.15) is 24.4 Å². The summed E-state index contributed by atoms with van der Waals surface area (Å²) in [6, 6.07) is 2.94. The number of rotatable bonds is 3. The average molecular weight is 394 g/mol. The van der Waals surface area contributed by atoms with Crippen molar-refractivity contribution in [2.75, 3.05) is 5.32 Å². The van der Waals surface area contributed by atoms with E-state index in [1.165, 1.54) is 18.5 Å². The van der Waals surface area contributed by atoms with E-state index in [0.717, 1.165) is 11.8 Å². The van der Waals surface area contributed by atoms with Gasteiger partial charge in [0.05, 0.1) is 28.6 Å². The number of H-pyrrole nitrogens is 1. The molecule has 0 radical (unpaired) electrons. The number of nitrogens with zero attached hydrogens (tertiary/aromatic N) is 2. The zero-order valence-corrected chi connectivity index (χ0v) is 15.0. The SMILES string of the molecule is CC1(N=C(N)N)Cc2[nH]cnc2C1NC(=O)C(=O)Nc1ccc(Cl)c(F)c1. The summed E-state index contributed by atoms with van der Waals surface area (Å²) in [4.78, 5) is 35.9. The number of halogens is 2. The summed E-state index contributed by atoms with van der Waals surface area (Å²) in [6.45, 7) is 1.74. The van der Waals surface area contributed by atoms with E-state index in [-0.39, 0.29) is 16.7 Å². The van der Waals surface area contributed by atoms with Gasteiger partial charge in [-0.05, 0) is 25.1 Å². The van der Waals surface area contributed by atoms with Crippen LogP contribution < -0.4 is 22.1 Å². The Bertz CT molecular complexity index is 941. The van der Waals surface area contributed by atoms with E-state index >= 15 is 0 Å². The fourth-order valence-corrected chi connectivity index (χ4v) is 3.18. The molecule has 0 saturated carbocycles. The van der Waals surface area contributed by atoms with Gasteiger partial charge in [0.1, 0.15) is 5.82 Å². The van der Waals surface area contributed by atoms with Crippen LogP contribution in [0.5, 0.6) is 0 Å². The first-order valence-corrected chi connectivity index (χ1v) is 8.27. The van der Waals surface area contributed by atoms with Gasteiger partial charge in [0.15, 0.2) is 5.96 Å². The first-order chi connectivity index (χ1) is 12.7. The molecule has 1 heterocycles. The van der Waals surface area contributed by atoms with Crippen molar-refractivity contribution in [2.24, 2.45) is 16.5 Å². The van der Waals surface area contributed by atoms with E-state index in [9.17, 15) is 14.0 Å². The Morgan fingerprint density at radius 1 is 1.41 bits per heavy atom. The quantitative estimate of drug-likeness (QED) is 0.293. The fourth-order valence-electron chi connectivity index (χ4n) is 3.06. The lowest BCUT2D eigenvalue weighted by molar-refractivity contribution is -0.136. The minimum atomic E-state index is -0.979. The number of hydrogen-bond donors (Lipinski definition) is 5. The Morgan fingerprint density at radius 3 is 2.81 bits per heavy atom. The van der Waals surface area contributed by atoms with Gasteiger partial charge in [-0.2, -0.15) is 0 Å². The normalized spacial score (nSPS) is 20.6. The Kier molecular flexibility index (Phi) is 4.75. The van der Waals surface area contributed by atoms with Crippen molar-refractivity contribution in [1.29, 1.82) is 0 Å². The number of aromatic nitrogens is 2. The Balaban J connectivity index is 1.77. The van der Waals surface area contributed by atoms with Crippen LogP contribution >= 0.6 is 11.6 Å². The van der Waals surface area contributed by atoms with Crippen LogP contribution in [-0.2, 0) is 16.0 Å². The number of nitrogens with one attached hydrogen (secondary N) is 3. The van der Waals surface area contributed by atoms with Crippen molar-refractivity contribution in [1.82, 2.24) is 15.3 Å². The molecule has 2 atom stereocenters. The maximum Gasteiger partial charge on any atom is 0.313 e. The molecule has 3 rings (SSSR count). The van der Waals surface area contributed by atoms with Crippen LogP contribution in [0.15, 0.2) is 29.5 Å². The van der Waals surface area contributed by atoms with Gasteiger partial charge in [0.2, 0.25) is 0 Å². The van der Waals surface area contributed by atoms with Crippen LogP contribution in [0.4, 0.5) is 10.1 Å². The second-order valence-electron chi connectivity index (χ2n) is 6.33. The van der Waals surface area contributed by atoms with Crippen molar-refractivity contribution < 1.29 is 14.0 Å². The molecule has 0 fully saturated rings. The number of nitrogens with two attached hydrogens (primary N) is 2. The third kappa shape index (κ3) is 3.70. The molecule has 1 aliphatic carbocycles. The molecule has 7 N–H and O–H groups in total. The monoisotopic (exact) mass is 393 g/mol. The molecule has 11 heteroatoms. The second kappa shape index (κ2) is 6.88. The van der Waals surface area contributed by atoms with Crippen molar-refractivity contribution >= 4 is 35.1 Å². The minimum Gasteiger partial charge on any atom is -0.370 e. The molecule has 1 aromatic carbocycles. The standard InChI is InChI=1S/C16H17ClFN7O2/c1-16(25-15(19)20)5-10-11(22-6-21-10)12(16)24-14(27)13(26)23-7-2-3-8(17)9(18)4-7/h2-4,6,12H,5H2,1H3,(H,21,22)(H,23,26)(H,24,27)(H4,19,20,25). The lowest BCUT2D eigenvalue weighted by atomic mass is 9.95. The number of carbonyl (C=O) groups is 2. The molecule has 2 amide bonds. The lowest BCUT2D eigenvalue weighted by Crippen LogP contribution is -2.46. The Hall–Kier alpha value is -3.14. The minimum absolute atomic E-state index is 0.0934. The van der Waals surface area contributed by atoms with E-state index in [4.69, 9.17) is 23.1 Å². The van der Waals surface area contributed by atoms with Gasteiger partial charge in [-0.15, -0.1) is 0 Å². The van der Waals surface area contributed by atoms with Gasteiger partial charge >= 0.3 is 11.8 Å². The first kappa shape index (κ1) is 18.6. The van der Waals surface area contributed by atoms with Crippen molar-refractivity contribution in [2.45, 2.75) is 24.9 Å². The topological polar surface area (TPSA) is 151 Å². The molecule has 2 aromatic rings. The van der Waals surface area contributed by atoms with E-state index in [1.54, 1.807) is 6.92 Å². The number of carbonyl (C=O) groups excluding carboxylic acids is 2. The third-order valence-electron chi connectivity index (χ3n) is 4.23. The molecule has 1 aromatic heterocycles. The fraction of sp³-hybridized carbons (Fsp3) is 0.250. The maximum absolute atomic E-state index is 13.5. The van der Waals surface area contributed by atoms with Crippen molar-refractivity contribution in [3.05, 3.63) is 46.8 Å². The highest BCUT2D eigenvalue weighted by Crippen LogP contribution is 2.40. The largest absolute Gasteiger partial charge is 0.370 e. The molecule has 1 aliphatic rings. The highest BCUT2D eigenvalue weighted by Gasteiger charge is 2.46. The summed E-state index contributed by atoms with van der Waals surface area (Å²) in [5.41, 5.74) is 11.5. The van der Waals surface area contributed by atoms with Crippen molar-refractivity contribution in [3.8, 4) is 0 Å². The molecule has 0 aliphatic heterocycles. The summed E-state index contributed by atoms with van der Waals surface area (Å²) in [5.74, 6) is -2.79. The Labute approximate surface area is 158 Å². The van der Waals surface area contributed by atoms with Crippen LogP contribution in [0.3, 0.4) is 0 Å². The van der Waals surface area contributed by atoms with Gasteiger partial charge in [0.25, 0.3) is 0 Å². The smallest absolute Gasteiger partial charge is 0.313 e. The van der Waals surface area contributed by atoms with E-state index in [1.807, 2.05) is 0 Å². The Morgan fingerprint density at radius 2 is 2.15 bits per heavy atom. The molecule has 27 heavy (non-hydrogen) atoms. The predicted octanol–water partition coefficient (Wildman–Crippen LogP) is 0.586. The number of aliphatic imine (C=N–C) groups is 1. The maximum atomic E-state index is 13.5. The number of fused-ring (bicyclic) bond motifs is 1. The van der Waals surface area contributed by atoms with Crippen molar-refractivity contribution in [3.63, 3.8) is 0 Å². The molecule has 142 valence electrons. The molecular weight excluding hydrogens is 377 g/mol. The van der Waals surface area contributed by atoms with Gasteiger partial charge in [-0.25, -0.2) is 14.4 Å². The van der Waals surface area contributed by atoms with Crippen LogP contribution in [0.2, 0.25) is 5.02 Å². The number of aromatic amines is 1. The number of benzene rings is 1. The molecule has 0 bridgehead atoms. The summed E-state index contributed by atoms with van der Waals surface area (Å²) in [6.07, 6.45) is 1.88. The summed E-state index contributed by atoms with van der Waals surface area (Å²) in [7, 11) is 0. The number of anilines is 1. The number of guanidine groups is 1. The molecule has 2 unspecified atom stereocenters. The number of imidazole rings is 1. The van der Waals surface area contributed by atoms with E-state index in [0.29, 0.717) is 12.1 Å². The highest BCUT2D eigenvalue weighted by atomic mass is 35.5. The first-order valence-electron chi connectivity index (χ1n) is 7.89. The van der Waals surface area contributed by atoms with E-state index in [2.05, 4.69) is 25.6 Å². The van der Waals surface area contributed by atoms with Crippen LogP contribution in [-0.4, -0.2) is 33.3 Å². The van der Waals surface area contributed by atoms with Gasteiger partial charge in [-0.3, -0.25) is 9.59 Å². The number of hydrogen-bond acceptors (Lipinski definition) is 4. The summed E-state index contributed by atoms with van der Waals surface area (Å²) >= 11 is 5.59. The van der Waals surface area contributed by atoms with Gasteiger partial charge in [0, 0.05) is 17.8 Å². The van der Waals surface area contributed by atoms with Crippen LogP contribution in [0.25, 0.3) is 0 Å². The molecule has 0 saturated heterocycles. The molecular formula is C16H17ClFN7O2. The predicted molar refractivity (Wildman–Crippen MR) is 97.4 cm³/mol. The molecule has 9 nitrogen and oxygen atoms in total. The third-order valence-corrected chi connectivity index (χ3v) is 4.53. The second-order valence-corrected chi connectivity index (χ2v) is 6.73. The van der Waals surface area contributed by atoms with Crippen LogP contribution in [0, 0.1) is 5.82 Å². The summed E-state index contributed by atoms with van der Waals surface area (Å²) < 4.78 is 13.5. The zero-order chi connectivity index (χ0) is 19.8. The van der Waals surface area contributed by atoms with E-state index < -0.39 is 29.2 Å².